The Bertz CT molecular complexity index is 1500. The summed E-state index contributed by atoms with van der Waals surface area (Å²) in [5, 5.41) is 3.35. The van der Waals surface area contributed by atoms with Crippen LogP contribution in [0.2, 0.25) is 0 Å². The number of nitrogens with one attached hydrogen (secondary N) is 2. The maximum absolute atomic E-state index is 13.6. The molecule has 1 atom stereocenters. The Kier molecular flexibility index (Phi) is 5.82. The third kappa shape index (κ3) is 4.02. The molecule has 3 aromatic rings. The van der Waals surface area contributed by atoms with Gasteiger partial charge in [-0.15, -0.1) is 0 Å². The first kappa shape index (κ1) is 23.7. The predicted molar refractivity (Wildman–Crippen MR) is 137 cm³/mol. The molecule has 2 aliphatic rings. The van der Waals surface area contributed by atoms with E-state index in [9.17, 15) is 14.4 Å². The van der Waals surface area contributed by atoms with Crippen LogP contribution in [0.5, 0.6) is 11.5 Å². The van der Waals surface area contributed by atoms with Gasteiger partial charge in [-0.3, -0.25) is 19.1 Å². The second kappa shape index (κ2) is 8.86. The zero-order chi connectivity index (χ0) is 25.6. The largest absolute Gasteiger partial charge is 0.497 e. The molecule has 0 spiro atoms. The van der Waals surface area contributed by atoms with E-state index < -0.39 is 17.2 Å². The van der Waals surface area contributed by atoms with Crippen LogP contribution < -0.4 is 26.0 Å². The van der Waals surface area contributed by atoms with Crippen molar-refractivity contribution in [2.45, 2.75) is 39.2 Å². The Balaban J connectivity index is 1.82. The summed E-state index contributed by atoms with van der Waals surface area (Å²) in [6.07, 6.45) is 0.954. The Labute approximate surface area is 208 Å². The van der Waals surface area contributed by atoms with Gasteiger partial charge in [-0.25, -0.2) is 4.79 Å². The number of carbonyl (C=O) groups is 1. The van der Waals surface area contributed by atoms with Gasteiger partial charge in [0, 0.05) is 23.3 Å². The van der Waals surface area contributed by atoms with Gasteiger partial charge in [0.1, 0.15) is 17.3 Å². The van der Waals surface area contributed by atoms with Gasteiger partial charge in [-0.1, -0.05) is 44.2 Å². The van der Waals surface area contributed by atoms with Crippen molar-refractivity contribution < 1.29 is 14.3 Å². The van der Waals surface area contributed by atoms with Gasteiger partial charge in [-0.2, -0.15) is 0 Å². The normalized spacial score (nSPS) is 18.2. The molecule has 0 amide bonds. The summed E-state index contributed by atoms with van der Waals surface area (Å²) < 4.78 is 12.7. The fourth-order valence-corrected chi connectivity index (χ4v) is 5.35. The maximum Gasteiger partial charge on any atom is 0.330 e. The van der Waals surface area contributed by atoms with Gasteiger partial charge in [0.2, 0.25) is 0 Å². The fraction of sp³-hybridized carbons (Fsp3) is 0.321. The van der Waals surface area contributed by atoms with Crippen LogP contribution in [0.3, 0.4) is 0 Å². The van der Waals surface area contributed by atoms with Crippen LogP contribution in [0.15, 0.2) is 69.4 Å². The van der Waals surface area contributed by atoms with Crippen LogP contribution in [-0.4, -0.2) is 29.6 Å². The Morgan fingerprint density at radius 1 is 1.00 bits per heavy atom. The molecule has 0 saturated carbocycles. The minimum atomic E-state index is -0.726. The van der Waals surface area contributed by atoms with Crippen molar-refractivity contribution in [2.75, 3.05) is 19.5 Å². The standard InChI is InChI=1S/C28H29N3O5/c1-28(2)13-19-23(20(32)14-28)22(18-12-17(35-3)10-11-21(18)36-4)24-25(29-19)31(27(34)30-26(24)33)15-16-8-6-5-7-9-16/h5-12,22,29H,13-15H2,1-4H3,(H,30,33,34). The molecule has 8 heteroatoms. The van der Waals surface area contributed by atoms with Gasteiger partial charge >= 0.3 is 5.69 Å². The van der Waals surface area contributed by atoms with Gasteiger partial charge in [0.15, 0.2) is 5.78 Å². The molecule has 2 heterocycles. The number of fused-ring (bicyclic) bond motifs is 1. The summed E-state index contributed by atoms with van der Waals surface area (Å²) in [6.45, 7) is 4.34. The average Bonchev–Trinajstić information content (AvgIpc) is 2.84. The molecule has 0 bridgehead atoms. The average molecular weight is 488 g/mol. The number of nitrogens with zero attached hydrogens (tertiary/aromatic N) is 1. The summed E-state index contributed by atoms with van der Waals surface area (Å²) in [5.74, 6) is 0.737. The molecule has 5 rings (SSSR count). The smallest absolute Gasteiger partial charge is 0.330 e. The number of hydrogen-bond acceptors (Lipinski definition) is 6. The van der Waals surface area contributed by atoms with Crippen LogP contribution in [0.4, 0.5) is 5.82 Å². The number of aromatic amines is 1. The van der Waals surface area contributed by atoms with Crippen molar-refractivity contribution in [3.05, 3.63) is 97.3 Å². The van der Waals surface area contributed by atoms with Crippen LogP contribution in [0.1, 0.15) is 49.3 Å². The number of benzene rings is 2. The first-order valence-electron chi connectivity index (χ1n) is 11.9. The molecule has 186 valence electrons. The lowest BCUT2D eigenvalue weighted by atomic mass is 9.69. The predicted octanol–water partition coefficient (Wildman–Crippen LogP) is 3.80. The number of anilines is 1. The number of hydrogen-bond donors (Lipinski definition) is 2. The van der Waals surface area contributed by atoms with E-state index in [1.807, 2.05) is 44.2 Å². The summed E-state index contributed by atoms with van der Waals surface area (Å²) >= 11 is 0. The van der Waals surface area contributed by atoms with Crippen molar-refractivity contribution in [2.24, 2.45) is 5.41 Å². The summed E-state index contributed by atoms with van der Waals surface area (Å²) in [6, 6.07) is 14.9. The lowest BCUT2D eigenvalue weighted by Crippen LogP contribution is -2.42. The van der Waals surface area contributed by atoms with Crippen LogP contribution in [-0.2, 0) is 11.3 Å². The van der Waals surface area contributed by atoms with Crippen LogP contribution in [0, 0.1) is 5.41 Å². The number of carbonyl (C=O) groups excluding carboxylic acids is 1. The number of methoxy groups -OCH3 is 2. The second-order valence-corrected chi connectivity index (χ2v) is 10.1. The third-order valence-corrected chi connectivity index (χ3v) is 6.93. The number of ketones is 1. The highest BCUT2D eigenvalue weighted by Crippen LogP contribution is 2.49. The minimum Gasteiger partial charge on any atom is -0.497 e. The van der Waals surface area contributed by atoms with Crippen molar-refractivity contribution in [3.63, 3.8) is 0 Å². The quantitative estimate of drug-likeness (QED) is 0.568. The summed E-state index contributed by atoms with van der Waals surface area (Å²) in [5.41, 5.74) is 1.79. The molecule has 2 aromatic carbocycles. The number of allylic oxidation sites excluding steroid dienone is 2. The van der Waals surface area contributed by atoms with Crippen molar-refractivity contribution in [1.82, 2.24) is 9.55 Å². The van der Waals surface area contributed by atoms with Gasteiger partial charge in [0.25, 0.3) is 5.56 Å². The lowest BCUT2D eigenvalue weighted by Gasteiger charge is -2.39. The molecular weight excluding hydrogens is 458 g/mol. The zero-order valence-corrected chi connectivity index (χ0v) is 20.8. The number of aromatic nitrogens is 2. The molecular formula is C28H29N3O5. The van der Waals surface area contributed by atoms with Crippen molar-refractivity contribution in [3.8, 4) is 11.5 Å². The lowest BCUT2D eigenvalue weighted by molar-refractivity contribution is -0.118. The van der Waals surface area contributed by atoms with Crippen LogP contribution >= 0.6 is 0 Å². The first-order chi connectivity index (χ1) is 17.2. The molecule has 0 fully saturated rings. The number of ether oxygens (including phenoxy) is 2. The second-order valence-electron chi connectivity index (χ2n) is 10.1. The molecule has 1 aliphatic heterocycles. The van der Waals surface area contributed by atoms with Crippen LogP contribution in [0.25, 0.3) is 0 Å². The van der Waals surface area contributed by atoms with E-state index in [2.05, 4.69) is 10.3 Å². The SMILES string of the molecule is COc1ccc(OC)c(C2C3=C(CC(C)(C)CC3=O)Nc3c2c(=O)[nH]c(=O)n3Cc2ccccc2)c1. The Hall–Kier alpha value is -4.07. The van der Waals surface area contributed by atoms with Gasteiger partial charge < -0.3 is 14.8 Å². The number of H-pyrrole nitrogens is 1. The fourth-order valence-electron chi connectivity index (χ4n) is 5.35. The highest BCUT2D eigenvalue weighted by molar-refractivity contribution is 6.01. The highest BCUT2D eigenvalue weighted by Gasteiger charge is 2.43. The highest BCUT2D eigenvalue weighted by atomic mass is 16.5. The molecule has 8 nitrogen and oxygen atoms in total. The molecule has 0 radical (unpaired) electrons. The van der Waals surface area contributed by atoms with Gasteiger partial charge in [-0.05, 0) is 35.6 Å². The minimum absolute atomic E-state index is 0.0329. The van der Waals surface area contributed by atoms with E-state index in [1.165, 1.54) is 4.57 Å². The van der Waals surface area contributed by atoms with Crippen molar-refractivity contribution >= 4 is 11.6 Å². The monoisotopic (exact) mass is 487 g/mol. The zero-order valence-electron chi connectivity index (χ0n) is 20.8. The summed E-state index contributed by atoms with van der Waals surface area (Å²) in [7, 11) is 3.11. The Morgan fingerprint density at radius 3 is 2.44 bits per heavy atom. The molecule has 0 saturated heterocycles. The van der Waals surface area contributed by atoms with E-state index in [1.54, 1.807) is 32.4 Å². The van der Waals surface area contributed by atoms with E-state index in [0.717, 1.165) is 11.3 Å². The number of rotatable bonds is 5. The molecule has 1 aliphatic carbocycles. The first-order valence-corrected chi connectivity index (χ1v) is 11.9. The number of Topliss-reactive ketones (excluding diaryl/α,β-unsaturated/α-hetero) is 1. The third-order valence-electron chi connectivity index (χ3n) is 6.93. The summed E-state index contributed by atoms with van der Waals surface area (Å²) in [4.78, 5) is 42.6. The van der Waals surface area contributed by atoms with Gasteiger partial charge in [0.05, 0.1) is 32.2 Å². The molecule has 2 N–H and O–H groups in total. The van der Waals surface area contributed by atoms with E-state index in [-0.39, 0.29) is 17.7 Å². The maximum atomic E-state index is 13.6. The molecule has 1 aromatic heterocycles. The molecule has 1 unspecified atom stereocenters. The van der Waals surface area contributed by atoms with E-state index in [4.69, 9.17) is 9.47 Å². The topological polar surface area (TPSA) is 102 Å². The Morgan fingerprint density at radius 2 is 1.75 bits per heavy atom. The van der Waals surface area contributed by atoms with E-state index >= 15 is 0 Å². The van der Waals surface area contributed by atoms with Crippen molar-refractivity contribution in [1.29, 1.82) is 0 Å². The van der Waals surface area contributed by atoms with E-state index in [0.29, 0.717) is 46.9 Å². The molecule has 36 heavy (non-hydrogen) atoms.